The van der Waals surface area contributed by atoms with E-state index in [1.54, 1.807) is 0 Å². The molecule has 0 aromatic heterocycles. The van der Waals surface area contributed by atoms with Gasteiger partial charge in [0.25, 0.3) is 0 Å². The van der Waals surface area contributed by atoms with Crippen molar-refractivity contribution in [2.75, 3.05) is 0 Å². The van der Waals surface area contributed by atoms with Gasteiger partial charge in [0, 0.05) is 18.6 Å². The maximum absolute atomic E-state index is 10.5. The van der Waals surface area contributed by atoms with E-state index in [-0.39, 0.29) is 18.6 Å². The molecular formula is C25H42OV. The van der Waals surface area contributed by atoms with Crippen molar-refractivity contribution in [1.82, 2.24) is 0 Å². The molecule has 0 saturated heterocycles. The van der Waals surface area contributed by atoms with E-state index in [4.69, 9.17) is 0 Å². The predicted molar refractivity (Wildman–Crippen MR) is 117 cm³/mol. The van der Waals surface area contributed by atoms with Gasteiger partial charge in [0.05, 0.1) is 0 Å². The van der Waals surface area contributed by atoms with Gasteiger partial charge >= 0.3 is 0 Å². The summed E-state index contributed by atoms with van der Waals surface area (Å²) in [6, 6.07) is 0. The van der Waals surface area contributed by atoms with Crippen LogP contribution in [-0.4, -0.2) is 5.11 Å². The summed E-state index contributed by atoms with van der Waals surface area (Å²) in [4.78, 5) is 0. The van der Waals surface area contributed by atoms with Crippen LogP contribution in [0.15, 0.2) is 6.58 Å². The normalized spacial score (nSPS) is 16.8. The van der Waals surface area contributed by atoms with Gasteiger partial charge in [-0.1, -0.05) is 66.0 Å². The molecule has 1 saturated carbocycles. The van der Waals surface area contributed by atoms with Crippen LogP contribution in [0.1, 0.15) is 100 Å². The van der Waals surface area contributed by atoms with Crippen LogP contribution in [0.25, 0.3) is 6.08 Å². The maximum Gasteiger partial charge on any atom is 0.122 e. The quantitative estimate of drug-likeness (QED) is 0.411. The van der Waals surface area contributed by atoms with Crippen LogP contribution in [0.2, 0.25) is 0 Å². The Labute approximate surface area is 180 Å². The Bertz CT molecular complexity index is 601. The first kappa shape index (κ1) is 26.3. The SMILES string of the molecule is C=Cc1c(C)c(C)c(O)c(CCCCCCCC2CC2(C)C)c1C.CC.[V]. The summed E-state index contributed by atoms with van der Waals surface area (Å²) in [6.45, 7) is 18.9. The summed E-state index contributed by atoms with van der Waals surface area (Å²) in [6.07, 6.45) is 12.3. The molecule has 2 heteroatoms. The zero-order valence-electron chi connectivity index (χ0n) is 18.9. The number of unbranched alkanes of at least 4 members (excludes halogenated alkanes) is 4. The third kappa shape index (κ3) is 7.02. The molecule has 153 valence electrons. The van der Waals surface area contributed by atoms with Gasteiger partial charge in [-0.2, -0.15) is 0 Å². The molecule has 1 unspecified atom stereocenters. The summed E-state index contributed by atoms with van der Waals surface area (Å²) in [5.74, 6) is 1.50. The van der Waals surface area contributed by atoms with Crippen LogP contribution in [0.5, 0.6) is 5.75 Å². The molecule has 0 bridgehead atoms. The Kier molecular flexibility index (Phi) is 11.7. The second-order valence-corrected chi connectivity index (χ2v) is 8.52. The second-order valence-electron chi connectivity index (χ2n) is 8.52. The Morgan fingerprint density at radius 3 is 2.00 bits per heavy atom. The molecule has 1 fully saturated rings. The molecule has 1 nitrogen and oxygen atoms in total. The smallest absolute Gasteiger partial charge is 0.122 e. The number of hydrogen-bond donors (Lipinski definition) is 1. The zero-order valence-corrected chi connectivity index (χ0v) is 20.3. The van der Waals surface area contributed by atoms with Crippen molar-refractivity contribution in [3.05, 3.63) is 34.4 Å². The van der Waals surface area contributed by atoms with Crippen molar-refractivity contribution in [2.45, 2.75) is 99.8 Å². The topological polar surface area (TPSA) is 20.2 Å². The minimum atomic E-state index is 0. The monoisotopic (exact) mass is 409 g/mol. The predicted octanol–water partition coefficient (Wildman–Crippen LogP) is 7.91. The third-order valence-electron chi connectivity index (χ3n) is 6.37. The summed E-state index contributed by atoms with van der Waals surface area (Å²) >= 11 is 0. The van der Waals surface area contributed by atoms with E-state index in [2.05, 4.69) is 34.3 Å². The molecule has 1 aromatic rings. The van der Waals surface area contributed by atoms with E-state index in [0.29, 0.717) is 11.2 Å². The van der Waals surface area contributed by atoms with Gasteiger partial charge in [-0.25, -0.2) is 0 Å². The van der Waals surface area contributed by atoms with Crippen molar-refractivity contribution in [2.24, 2.45) is 11.3 Å². The average Bonchev–Trinajstić information content (AvgIpc) is 3.23. The second kappa shape index (κ2) is 12.0. The van der Waals surface area contributed by atoms with E-state index in [9.17, 15) is 5.11 Å². The maximum atomic E-state index is 10.5. The molecule has 0 heterocycles. The molecule has 0 amide bonds. The van der Waals surface area contributed by atoms with Gasteiger partial charge in [-0.05, 0) is 85.6 Å². The van der Waals surface area contributed by atoms with E-state index >= 15 is 0 Å². The summed E-state index contributed by atoms with van der Waals surface area (Å²) in [7, 11) is 0. The molecule has 1 aliphatic rings. The number of phenols is 1. The molecular weight excluding hydrogens is 367 g/mol. The van der Waals surface area contributed by atoms with Crippen molar-refractivity contribution < 1.29 is 23.7 Å². The summed E-state index contributed by atoms with van der Waals surface area (Å²) < 4.78 is 0. The molecule has 1 N–H and O–H groups in total. The Morgan fingerprint density at radius 1 is 0.963 bits per heavy atom. The Balaban J connectivity index is 0.00000218. The summed E-state index contributed by atoms with van der Waals surface area (Å²) in [5.41, 5.74) is 6.35. The fourth-order valence-corrected chi connectivity index (χ4v) is 4.13. The van der Waals surface area contributed by atoms with Crippen LogP contribution in [0.4, 0.5) is 0 Å². The zero-order chi connectivity index (χ0) is 19.9. The van der Waals surface area contributed by atoms with Crippen molar-refractivity contribution >= 4 is 6.08 Å². The van der Waals surface area contributed by atoms with Gasteiger partial charge in [0.15, 0.2) is 0 Å². The first-order valence-electron chi connectivity index (χ1n) is 10.7. The minimum Gasteiger partial charge on any atom is -0.507 e. The van der Waals surface area contributed by atoms with Crippen LogP contribution in [0.3, 0.4) is 0 Å². The molecule has 1 aliphatic carbocycles. The van der Waals surface area contributed by atoms with Gasteiger partial charge in [0.2, 0.25) is 0 Å². The molecule has 0 aliphatic heterocycles. The van der Waals surface area contributed by atoms with Gasteiger partial charge in [0.1, 0.15) is 5.75 Å². The van der Waals surface area contributed by atoms with E-state index in [1.807, 2.05) is 26.8 Å². The van der Waals surface area contributed by atoms with E-state index in [0.717, 1.165) is 29.0 Å². The fourth-order valence-electron chi connectivity index (χ4n) is 4.13. The standard InChI is InChI=1S/C23H36O.C2H6.V/c1-7-20-16(2)17(3)22(24)21(18(20)4)14-12-10-8-9-11-13-19-15-23(19,5)6;1-2;/h7,19,24H,1,8-15H2,2-6H3;1-2H3;. The molecule has 0 spiro atoms. The van der Waals surface area contributed by atoms with Crippen molar-refractivity contribution in [3.8, 4) is 5.75 Å². The van der Waals surface area contributed by atoms with Gasteiger partial charge in [-0.3, -0.25) is 0 Å². The molecule has 1 atom stereocenters. The van der Waals surface area contributed by atoms with Crippen molar-refractivity contribution in [1.29, 1.82) is 0 Å². The largest absolute Gasteiger partial charge is 0.507 e. The van der Waals surface area contributed by atoms with E-state index in [1.165, 1.54) is 56.1 Å². The van der Waals surface area contributed by atoms with Crippen LogP contribution in [0, 0.1) is 32.1 Å². The van der Waals surface area contributed by atoms with Crippen LogP contribution in [-0.2, 0) is 25.0 Å². The number of phenolic OH excluding ortho intramolecular Hbond substituents is 1. The number of aromatic hydroxyl groups is 1. The van der Waals surface area contributed by atoms with Crippen molar-refractivity contribution in [3.63, 3.8) is 0 Å². The van der Waals surface area contributed by atoms with Crippen LogP contribution >= 0.6 is 0 Å². The van der Waals surface area contributed by atoms with Gasteiger partial charge < -0.3 is 5.11 Å². The fraction of sp³-hybridized carbons (Fsp3) is 0.680. The first-order valence-corrected chi connectivity index (χ1v) is 10.7. The molecule has 1 radical (unpaired) electrons. The average molecular weight is 410 g/mol. The van der Waals surface area contributed by atoms with Gasteiger partial charge in [-0.15, -0.1) is 0 Å². The first-order chi connectivity index (χ1) is 12.3. The minimum absolute atomic E-state index is 0. The van der Waals surface area contributed by atoms with Crippen LogP contribution < -0.4 is 0 Å². The third-order valence-corrected chi connectivity index (χ3v) is 6.37. The number of hydrogen-bond acceptors (Lipinski definition) is 1. The Hall–Kier alpha value is -0.656. The molecule has 27 heavy (non-hydrogen) atoms. The summed E-state index contributed by atoms with van der Waals surface area (Å²) in [5, 5.41) is 10.5. The Morgan fingerprint density at radius 2 is 1.48 bits per heavy atom. The molecule has 2 rings (SSSR count). The van der Waals surface area contributed by atoms with E-state index < -0.39 is 0 Å². The molecule has 1 aromatic carbocycles. The number of rotatable bonds is 9. The number of benzene rings is 1.